The number of aryl methyl sites for hydroxylation is 1. The van der Waals surface area contributed by atoms with Crippen LogP contribution in [0.2, 0.25) is 0 Å². The van der Waals surface area contributed by atoms with Crippen molar-refractivity contribution in [1.82, 2.24) is 0 Å². The Morgan fingerprint density at radius 3 is 2.60 bits per heavy atom. The first-order valence-electron chi connectivity index (χ1n) is 7.48. The van der Waals surface area contributed by atoms with Crippen molar-refractivity contribution in [2.75, 3.05) is 0 Å². The summed E-state index contributed by atoms with van der Waals surface area (Å²) in [6, 6.07) is 13.4. The Labute approximate surface area is 122 Å². The molecule has 2 aromatic carbocycles. The van der Waals surface area contributed by atoms with Gasteiger partial charge >= 0.3 is 0 Å². The number of allylic oxidation sites excluding steroid dienone is 1. The molecule has 2 aromatic rings. The van der Waals surface area contributed by atoms with E-state index in [2.05, 4.69) is 76.6 Å². The van der Waals surface area contributed by atoms with E-state index in [0.717, 1.165) is 6.42 Å². The standard InChI is InChI=1S/C19H20B/c1-4-14-12-19-17(11-15(14)10-9-13(2)3)16-7-5-6-8-18(16)20-19/h5-13H,4H2,1-3H3/b10-9-. The smallest absolute Gasteiger partial charge is 0.0814 e. The lowest BCUT2D eigenvalue weighted by Crippen LogP contribution is -2.21. The van der Waals surface area contributed by atoms with Crippen molar-refractivity contribution in [2.24, 2.45) is 5.92 Å². The van der Waals surface area contributed by atoms with Gasteiger partial charge in [0.2, 0.25) is 0 Å². The van der Waals surface area contributed by atoms with Crippen LogP contribution in [0.1, 0.15) is 31.9 Å². The molecule has 20 heavy (non-hydrogen) atoms. The molecule has 0 fully saturated rings. The summed E-state index contributed by atoms with van der Waals surface area (Å²) in [4.78, 5) is 0. The minimum atomic E-state index is 0.590. The zero-order valence-electron chi connectivity index (χ0n) is 12.5. The van der Waals surface area contributed by atoms with Gasteiger partial charge in [-0.25, -0.2) is 0 Å². The molecule has 0 amide bonds. The van der Waals surface area contributed by atoms with Crippen molar-refractivity contribution >= 4 is 24.3 Å². The molecule has 1 aliphatic heterocycles. The van der Waals surface area contributed by atoms with E-state index >= 15 is 0 Å². The van der Waals surface area contributed by atoms with Gasteiger partial charge in [0.15, 0.2) is 7.28 Å². The molecule has 0 bridgehead atoms. The fourth-order valence-electron chi connectivity index (χ4n) is 2.83. The Morgan fingerprint density at radius 1 is 1.05 bits per heavy atom. The highest BCUT2D eigenvalue weighted by Crippen LogP contribution is 2.24. The molecular formula is C19H20B. The first-order valence-corrected chi connectivity index (χ1v) is 7.48. The van der Waals surface area contributed by atoms with Crippen LogP contribution in [0.5, 0.6) is 0 Å². The average Bonchev–Trinajstić information content (AvgIpc) is 2.81. The summed E-state index contributed by atoms with van der Waals surface area (Å²) in [6.07, 6.45) is 5.64. The van der Waals surface area contributed by atoms with E-state index in [0.29, 0.717) is 5.92 Å². The van der Waals surface area contributed by atoms with Crippen molar-refractivity contribution in [2.45, 2.75) is 27.2 Å². The second-order valence-corrected chi connectivity index (χ2v) is 5.83. The Balaban J connectivity index is 2.11. The van der Waals surface area contributed by atoms with Gasteiger partial charge in [-0.1, -0.05) is 74.2 Å². The van der Waals surface area contributed by atoms with E-state index in [1.807, 2.05) is 0 Å². The predicted molar refractivity (Wildman–Crippen MR) is 90.2 cm³/mol. The predicted octanol–water partition coefficient (Wildman–Crippen LogP) is 3.55. The highest BCUT2D eigenvalue weighted by molar-refractivity contribution is 6.73. The topological polar surface area (TPSA) is 0 Å². The molecule has 0 unspecified atom stereocenters. The van der Waals surface area contributed by atoms with Crippen LogP contribution >= 0.6 is 0 Å². The van der Waals surface area contributed by atoms with E-state index in [-0.39, 0.29) is 0 Å². The molecule has 0 atom stereocenters. The third-order valence-corrected chi connectivity index (χ3v) is 3.91. The molecule has 1 aliphatic rings. The third kappa shape index (κ3) is 2.33. The SMILES string of the molecule is CCc1cc2c(cc1/C=C\C(C)C)-c1ccccc1[B]2. The van der Waals surface area contributed by atoms with Gasteiger partial charge in [-0.05, 0) is 40.7 Å². The summed E-state index contributed by atoms with van der Waals surface area (Å²) in [5, 5.41) is 0. The zero-order valence-corrected chi connectivity index (χ0v) is 12.5. The van der Waals surface area contributed by atoms with Crippen molar-refractivity contribution in [3.63, 3.8) is 0 Å². The van der Waals surface area contributed by atoms with Crippen LogP contribution in [-0.2, 0) is 6.42 Å². The fraction of sp³-hybridized carbons (Fsp3) is 0.263. The summed E-state index contributed by atoms with van der Waals surface area (Å²) in [7, 11) is 2.31. The molecule has 0 aromatic heterocycles. The van der Waals surface area contributed by atoms with Crippen LogP contribution < -0.4 is 10.9 Å². The van der Waals surface area contributed by atoms with Gasteiger partial charge in [0.1, 0.15) is 0 Å². The number of rotatable bonds is 3. The van der Waals surface area contributed by atoms with Gasteiger partial charge in [0, 0.05) is 0 Å². The monoisotopic (exact) mass is 259 g/mol. The third-order valence-electron chi connectivity index (χ3n) is 3.91. The lowest BCUT2D eigenvalue weighted by atomic mass is 9.67. The van der Waals surface area contributed by atoms with Crippen molar-refractivity contribution in [1.29, 1.82) is 0 Å². The Bertz CT molecular complexity index is 665. The Kier molecular flexibility index (Phi) is 3.52. The maximum Gasteiger partial charge on any atom is 0.193 e. The van der Waals surface area contributed by atoms with Crippen LogP contribution in [0, 0.1) is 5.92 Å². The van der Waals surface area contributed by atoms with Crippen LogP contribution in [0.15, 0.2) is 42.5 Å². The number of benzene rings is 2. The summed E-state index contributed by atoms with van der Waals surface area (Å²) < 4.78 is 0. The van der Waals surface area contributed by atoms with E-state index < -0.39 is 0 Å². The van der Waals surface area contributed by atoms with Crippen molar-refractivity contribution in [3.8, 4) is 11.1 Å². The number of hydrogen-bond donors (Lipinski definition) is 0. The Morgan fingerprint density at radius 2 is 1.85 bits per heavy atom. The largest absolute Gasteiger partial charge is 0.193 e. The summed E-state index contributed by atoms with van der Waals surface area (Å²) in [5.74, 6) is 0.590. The first-order chi connectivity index (χ1) is 9.69. The molecule has 3 rings (SSSR count). The molecule has 1 radical (unpaired) electrons. The molecule has 0 aliphatic carbocycles. The van der Waals surface area contributed by atoms with Gasteiger partial charge in [-0.15, -0.1) is 0 Å². The molecule has 0 spiro atoms. The highest BCUT2D eigenvalue weighted by Gasteiger charge is 2.20. The maximum atomic E-state index is 2.36. The van der Waals surface area contributed by atoms with Crippen molar-refractivity contribution < 1.29 is 0 Å². The molecule has 0 saturated heterocycles. The summed E-state index contributed by atoms with van der Waals surface area (Å²) in [6.45, 7) is 6.67. The molecule has 0 N–H and O–H groups in total. The van der Waals surface area contributed by atoms with E-state index in [1.54, 1.807) is 0 Å². The van der Waals surface area contributed by atoms with E-state index in [4.69, 9.17) is 0 Å². The second kappa shape index (κ2) is 5.32. The Hall–Kier alpha value is -1.76. The van der Waals surface area contributed by atoms with Gasteiger partial charge in [-0.3, -0.25) is 0 Å². The lowest BCUT2D eigenvalue weighted by molar-refractivity contribution is 0.836. The molecular weight excluding hydrogens is 239 g/mol. The summed E-state index contributed by atoms with van der Waals surface area (Å²) in [5.41, 5.74) is 8.25. The maximum absolute atomic E-state index is 2.36. The van der Waals surface area contributed by atoms with Crippen LogP contribution in [0.25, 0.3) is 17.2 Å². The van der Waals surface area contributed by atoms with Crippen molar-refractivity contribution in [3.05, 3.63) is 53.6 Å². The lowest BCUT2D eigenvalue weighted by Gasteiger charge is -2.09. The van der Waals surface area contributed by atoms with Gasteiger partial charge < -0.3 is 0 Å². The minimum absolute atomic E-state index is 0.590. The molecule has 0 nitrogen and oxygen atoms in total. The minimum Gasteiger partial charge on any atom is -0.0814 e. The molecule has 1 heteroatoms. The van der Waals surface area contributed by atoms with E-state index in [9.17, 15) is 0 Å². The van der Waals surface area contributed by atoms with Gasteiger partial charge in [0.05, 0.1) is 0 Å². The molecule has 99 valence electrons. The number of hydrogen-bond acceptors (Lipinski definition) is 0. The fourth-order valence-corrected chi connectivity index (χ4v) is 2.83. The normalized spacial score (nSPS) is 12.6. The second-order valence-electron chi connectivity index (χ2n) is 5.83. The van der Waals surface area contributed by atoms with Crippen LogP contribution in [0.4, 0.5) is 0 Å². The molecule has 0 saturated carbocycles. The van der Waals surface area contributed by atoms with Gasteiger partial charge in [-0.2, -0.15) is 0 Å². The number of fused-ring (bicyclic) bond motifs is 3. The zero-order chi connectivity index (χ0) is 14.1. The molecule has 1 heterocycles. The van der Waals surface area contributed by atoms with E-state index in [1.165, 1.54) is 33.2 Å². The quantitative estimate of drug-likeness (QED) is 0.631. The summed E-state index contributed by atoms with van der Waals surface area (Å²) >= 11 is 0. The average molecular weight is 259 g/mol. The first kappa shape index (κ1) is 13.2. The van der Waals surface area contributed by atoms with Gasteiger partial charge in [0.25, 0.3) is 0 Å². The highest BCUT2D eigenvalue weighted by atomic mass is 14.1. The van der Waals surface area contributed by atoms with Crippen LogP contribution in [0.3, 0.4) is 0 Å². The van der Waals surface area contributed by atoms with Crippen LogP contribution in [-0.4, -0.2) is 7.28 Å².